The second-order valence-electron chi connectivity index (χ2n) is 14.5. The molecule has 0 saturated heterocycles. The summed E-state index contributed by atoms with van der Waals surface area (Å²) in [7, 11) is 0. The van der Waals surface area contributed by atoms with Crippen LogP contribution in [-0.2, 0) is 10.8 Å². The summed E-state index contributed by atoms with van der Waals surface area (Å²) in [5.74, 6) is 0. The first-order chi connectivity index (χ1) is 23.9. The highest BCUT2D eigenvalue weighted by molar-refractivity contribution is 5.98. The van der Waals surface area contributed by atoms with Crippen molar-refractivity contribution in [3.8, 4) is 44.5 Å². The van der Waals surface area contributed by atoms with E-state index in [0.717, 1.165) is 17.1 Å². The van der Waals surface area contributed by atoms with Gasteiger partial charge in [-0.15, -0.1) is 0 Å². The molecule has 0 aromatic heterocycles. The van der Waals surface area contributed by atoms with E-state index >= 15 is 0 Å². The molecule has 2 aliphatic carbocycles. The standard InChI is InChI=1S/C48H39N/c1-47(2)42-28-12-9-23-40(42)45-38(25-16-29-43(45)47)37-22-10-13-30-44(37)49(33-18-6-5-7-19-33)34-20-14-17-32(31-34)35-24-15-26-39-36-21-8-11-27-41(36)48(3,4)46(35)39/h5-31H,1-4H3. The number of hydrogen-bond acceptors (Lipinski definition) is 1. The van der Waals surface area contributed by atoms with Gasteiger partial charge in [0.15, 0.2) is 0 Å². The van der Waals surface area contributed by atoms with Crippen LogP contribution in [0.15, 0.2) is 164 Å². The third kappa shape index (κ3) is 4.39. The maximum absolute atomic E-state index is 2.44. The minimum atomic E-state index is -0.0952. The van der Waals surface area contributed by atoms with E-state index in [9.17, 15) is 0 Å². The smallest absolute Gasteiger partial charge is 0.0540 e. The molecular formula is C48H39N. The summed E-state index contributed by atoms with van der Waals surface area (Å²) in [6.07, 6.45) is 0. The van der Waals surface area contributed by atoms with Crippen LogP contribution < -0.4 is 4.90 Å². The fraction of sp³-hybridized carbons (Fsp3) is 0.125. The van der Waals surface area contributed by atoms with Crippen molar-refractivity contribution in [2.24, 2.45) is 0 Å². The SMILES string of the molecule is CC1(C)c2ccccc2-c2c(-c3ccccc3N(c3ccccc3)c3cccc(-c4cccc5c4C(C)(C)c4ccccc4-5)c3)cccc21. The average Bonchev–Trinajstić information content (AvgIpc) is 3.53. The monoisotopic (exact) mass is 629 g/mol. The van der Waals surface area contributed by atoms with Crippen molar-refractivity contribution in [1.29, 1.82) is 0 Å². The van der Waals surface area contributed by atoms with Gasteiger partial charge in [-0.2, -0.15) is 0 Å². The van der Waals surface area contributed by atoms with Crippen LogP contribution in [0.2, 0.25) is 0 Å². The van der Waals surface area contributed by atoms with Crippen molar-refractivity contribution in [1.82, 2.24) is 0 Å². The van der Waals surface area contributed by atoms with Crippen LogP contribution in [0.25, 0.3) is 44.5 Å². The fourth-order valence-corrected chi connectivity index (χ4v) is 8.78. The molecule has 0 N–H and O–H groups in total. The van der Waals surface area contributed by atoms with Crippen molar-refractivity contribution in [3.63, 3.8) is 0 Å². The zero-order chi connectivity index (χ0) is 33.3. The third-order valence-corrected chi connectivity index (χ3v) is 11.1. The third-order valence-electron chi connectivity index (χ3n) is 11.1. The molecule has 0 atom stereocenters. The molecule has 0 spiro atoms. The topological polar surface area (TPSA) is 3.24 Å². The molecule has 49 heavy (non-hydrogen) atoms. The van der Waals surface area contributed by atoms with Gasteiger partial charge < -0.3 is 4.90 Å². The molecule has 1 heteroatoms. The van der Waals surface area contributed by atoms with Gasteiger partial charge in [0.2, 0.25) is 0 Å². The molecule has 9 rings (SSSR count). The van der Waals surface area contributed by atoms with Gasteiger partial charge in [-0.25, -0.2) is 0 Å². The number of fused-ring (bicyclic) bond motifs is 6. The molecule has 0 fully saturated rings. The predicted molar refractivity (Wildman–Crippen MR) is 207 cm³/mol. The van der Waals surface area contributed by atoms with Crippen molar-refractivity contribution in [2.75, 3.05) is 4.90 Å². The van der Waals surface area contributed by atoms with Crippen molar-refractivity contribution >= 4 is 17.1 Å². The van der Waals surface area contributed by atoms with Crippen LogP contribution in [-0.4, -0.2) is 0 Å². The minimum absolute atomic E-state index is 0.0618. The average molecular weight is 630 g/mol. The van der Waals surface area contributed by atoms with Crippen LogP contribution >= 0.6 is 0 Å². The zero-order valence-electron chi connectivity index (χ0n) is 28.5. The Morgan fingerprint density at radius 2 is 0.898 bits per heavy atom. The van der Waals surface area contributed by atoms with E-state index in [1.807, 2.05) is 0 Å². The summed E-state index contributed by atoms with van der Waals surface area (Å²) in [5, 5.41) is 0. The summed E-state index contributed by atoms with van der Waals surface area (Å²) in [5.41, 5.74) is 19.2. The van der Waals surface area contributed by atoms with Gasteiger partial charge in [0.1, 0.15) is 0 Å². The minimum Gasteiger partial charge on any atom is -0.310 e. The van der Waals surface area contributed by atoms with Gasteiger partial charge in [-0.05, 0) is 91.5 Å². The zero-order valence-corrected chi connectivity index (χ0v) is 28.5. The second-order valence-corrected chi connectivity index (χ2v) is 14.5. The van der Waals surface area contributed by atoms with Gasteiger partial charge in [-0.1, -0.05) is 161 Å². The number of hydrogen-bond donors (Lipinski definition) is 0. The maximum atomic E-state index is 2.44. The Kier molecular flexibility index (Phi) is 6.58. The van der Waals surface area contributed by atoms with Crippen LogP contribution in [0, 0.1) is 0 Å². The molecule has 0 heterocycles. The molecule has 1 nitrogen and oxygen atoms in total. The van der Waals surface area contributed by atoms with E-state index in [1.165, 1.54) is 66.8 Å². The number of benzene rings is 7. The van der Waals surface area contributed by atoms with E-state index in [4.69, 9.17) is 0 Å². The molecule has 0 aliphatic heterocycles. The van der Waals surface area contributed by atoms with Gasteiger partial charge in [0, 0.05) is 27.8 Å². The van der Waals surface area contributed by atoms with Crippen LogP contribution in [0.4, 0.5) is 17.1 Å². The van der Waals surface area contributed by atoms with Crippen LogP contribution in [0.1, 0.15) is 49.9 Å². The van der Waals surface area contributed by atoms with E-state index in [-0.39, 0.29) is 10.8 Å². The lowest BCUT2D eigenvalue weighted by molar-refractivity contribution is 0.660. The molecule has 0 bridgehead atoms. The Labute approximate surface area is 290 Å². The predicted octanol–water partition coefficient (Wildman–Crippen LogP) is 13.1. The molecular weight excluding hydrogens is 591 g/mol. The molecule has 0 radical (unpaired) electrons. The van der Waals surface area contributed by atoms with Gasteiger partial charge in [-0.3, -0.25) is 0 Å². The molecule has 236 valence electrons. The highest BCUT2D eigenvalue weighted by Crippen LogP contribution is 2.55. The van der Waals surface area contributed by atoms with Crippen molar-refractivity contribution in [3.05, 3.63) is 186 Å². The summed E-state index contributed by atoms with van der Waals surface area (Å²) in [6, 6.07) is 60.4. The second kappa shape index (κ2) is 10.9. The molecule has 7 aromatic carbocycles. The highest BCUT2D eigenvalue weighted by atomic mass is 15.1. The summed E-state index contributed by atoms with van der Waals surface area (Å²) in [6.45, 7) is 9.45. The maximum Gasteiger partial charge on any atom is 0.0540 e. The first kappa shape index (κ1) is 29.5. The molecule has 0 saturated carbocycles. The lowest BCUT2D eigenvalue weighted by atomic mass is 9.79. The largest absolute Gasteiger partial charge is 0.310 e. The summed E-state index contributed by atoms with van der Waals surface area (Å²) in [4.78, 5) is 2.44. The first-order valence-electron chi connectivity index (χ1n) is 17.4. The Bertz CT molecular complexity index is 2390. The van der Waals surface area contributed by atoms with E-state index in [1.54, 1.807) is 0 Å². The molecule has 0 amide bonds. The normalized spacial score (nSPS) is 14.4. The summed E-state index contributed by atoms with van der Waals surface area (Å²) >= 11 is 0. The molecule has 2 aliphatic rings. The van der Waals surface area contributed by atoms with Crippen molar-refractivity contribution in [2.45, 2.75) is 38.5 Å². The quantitative estimate of drug-likeness (QED) is 0.183. The Morgan fingerprint density at radius 1 is 0.367 bits per heavy atom. The Morgan fingerprint density at radius 3 is 1.69 bits per heavy atom. The van der Waals surface area contributed by atoms with E-state index in [0.29, 0.717) is 0 Å². The Balaban J connectivity index is 1.24. The number of rotatable bonds is 5. The lowest BCUT2D eigenvalue weighted by Gasteiger charge is -2.29. The van der Waals surface area contributed by atoms with Crippen LogP contribution in [0.3, 0.4) is 0 Å². The molecule has 7 aromatic rings. The fourth-order valence-electron chi connectivity index (χ4n) is 8.78. The number of para-hydroxylation sites is 2. The van der Waals surface area contributed by atoms with Crippen molar-refractivity contribution < 1.29 is 0 Å². The summed E-state index contributed by atoms with van der Waals surface area (Å²) < 4.78 is 0. The lowest BCUT2D eigenvalue weighted by Crippen LogP contribution is -2.16. The van der Waals surface area contributed by atoms with Gasteiger partial charge in [0.25, 0.3) is 0 Å². The molecule has 0 unspecified atom stereocenters. The number of nitrogens with zero attached hydrogens (tertiary/aromatic N) is 1. The van der Waals surface area contributed by atoms with E-state index in [2.05, 4.69) is 196 Å². The van der Waals surface area contributed by atoms with E-state index < -0.39 is 0 Å². The van der Waals surface area contributed by atoms with Gasteiger partial charge >= 0.3 is 0 Å². The van der Waals surface area contributed by atoms with Gasteiger partial charge in [0.05, 0.1) is 5.69 Å². The Hall–Kier alpha value is -5.66. The first-order valence-corrected chi connectivity index (χ1v) is 17.4. The highest BCUT2D eigenvalue weighted by Gasteiger charge is 2.38. The number of anilines is 3. The van der Waals surface area contributed by atoms with Crippen LogP contribution in [0.5, 0.6) is 0 Å².